The Morgan fingerprint density at radius 1 is 1.33 bits per heavy atom. The minimum absolute atomic E-state index is 0.772. The summed E-state index contributed by atoms with van der Waals surface area (Å²) in [5.41, 5.74) is 8.05. The van der Waals surface area contributed by atoms with E-state index in [0.717, 1.165) is 36.1 Å². The van der Waals surface area contributed by atoms with E-state index in [2.05, 4.69) is 17.9 Å². The highest BCUT2D eigenvalue weighted by molar-refractivity contribution is 5.74. The third-order valence-electron chi connectivity index (χ3n) is 3.92. The number of piperidine rings is 1. The van der Waals surface area contributed by atoms with Crippen molar-refractivity contribution in [2.24, 2.45) is 5.92 Å². The third kappa shape index (κ3) is 2.71. The number of nitrogens with two attached hydrogens (primary N) is 1. The fourth-order valence-electron chi connectivity index (χ4n) is 2.86. The maximum atomic E-state index is 6.15. The zero-order valence-electron chi connectivity index (χ0n) is 11.5. The summed E-state index contributed by atoms with van der Waals surface area (Å²) in [6.45, 7) is 4.50. The first kappa shape index (κ1) is 13.1. The van der Waals surface area contributed by atoms with Gasteiger partial charge < -0.3 is 15.4 Å². The maximum absolute atomic E-state index is 6.15. The Labute approximate surface area is 110 Å². The second kappa shape index (κ2) is 5.98. The molecule has 0 aromatic heterocycles. The van der Waals surface area contributed by atoms with E-state index in [0.29, 0.717) is 0 Å². The summed E-state index contributed by atoms with van der Waals surface area (Å²) in [7, 11) is 1.67. The lowest BCUT2D eigenvalue weighted by atomic mass is 9.92. The number of nitrogen functional groups attached to an aromatic ring is 1. The lowest BCUT2D eigenvalue weighted by Gasteiger charge is -2.34. The van der Waals surface area contributed by atoms with Gasteiger partial charge in [0.15, 0.2) is 0 Å². The highest BCUT2D eigenvalue weighted by atomic mass is 16.5. The molecular formula is C15H24N2O. The van der Waals surface area contributed by atoms with E-state index in [-0.39, 0.29) is 0 Å². The van der Waals surface area contributed by atoms with Crippen LogP contribution in [0.1, 0.15) is 32.6 Å². The summed E-state index contributed by atoms with van der Waals surface area (Å²) in [6, 6.07) is 6.03. The van der Waals surface area contributed by atoms with E-state index in [1.165, 1.54) is 25.7 Å². The molecule has 0 bridgehead atoms. The van der Waals surface area contributed by atoms with Gasteiger partial charge in [-0.1, -0.05) is 25.8 Å². The van der Waals surface area contributed by atoms with Crippen LogP contribution in [0.25, 0.3) is 0 Å². The van der Waals surface area contributed by atoms with Crippen molar-refractivity contribution in [1.29, 1.82) is 0 Å². The zero-order chi connectivity index (χ0) is 13.0. The molecule has 1 saturated heterocycles. The van der Waals surface area contributed by atoms with E-state index in [1.54, 1.807) is 7.11 Å². The van der Waals surface area contributed by atoms with Crippen LogP contribution in [0, 0.1) is 5.92 Å². The van der Waals surface area contributed by atoms with E-state index in [9.17, 15) is 0 Å². The summed E-state index contributed by atoms with van der Waals surface area (Å²) in [5.74, 6) is 1.68. The molecule has 3 nitrogen and oxygen atoms in total. The van der Waals surface area contributed by atoms with Gasteiger partial charge in [0, 0.05) is 13.1 Å². The number of hydrogen-bond donors (Lipinski definition) is 1. The molecule has 1 fully saturated rings. The van der Waals surface area contributed by atoms with Crippen LogP contribution >= 0.6 is 0 Å². The Kier molecular flexibility index (Phi) is 4.34. The van der Waals surface area contributed by atoms with Gasteiger partial charge in [0.1, 0.15) is 5.75 Å². The van der Waals surface area contributed by atoms with Crippen LogP contribution in [0.5, 0.6) is 5.75 Å². The van der Waals surface area contributed by atoms with Gasteiger partial charge in [-0.3, -0.25) is 0 Å². The molecule has 0 atom stereocenters. The first-order chi connectivity index (χ1) is 8.76. The fourth-order valence-corrected chi connectivity index (χ4v) is 2.86. The Hall–Kier alpha value is -1.38. The SMILES string of the molecule is CCCC1CCN(c2cccc(OC)c2N)CC1. The lowest BCUT2D eigenvalue weighted by Crippen LogP contribution is -2.34. The average Bonchev–Trinajstić information content (AvgIpc) is 2.41. The summed E-state index contributed by atoms with van der Waals surface area (Å²) in [4.78, 5) is 2.39. The number of para-hydroxylation sites is 1. The number of nitrogens with zero attached hydrogens (tertiary/aromatic N) is 1. The number of rotatable bonds is 4. The number of anilines is 2. The highest BCUT2D eigenvalue weighted by Gasteiger charge is 2.20. The van der Waals surface area contributed by atoms with Crippen molar-refractivity contribution in [3.8, 4) is 5.75 Å². The van der Waals surface area contributed by atoms with Crippen molar-refractivity contribution < 1.29 is 4.74 Å². The van der Waals surface area contributed by atoms with Gasteiger partial charge in [0.25, 0.3) is 0 Å². The van der Waals surface area contributed by atoms with E-state index in [4.69, 9.17) is 10.5 Å². The van der Waals surface area contributed by atoms with Crippen molar-refractivity contribution in [1.82, 2.24) is 0 Å². The second-order valence-corrected chi connectivity index (χ2v) is 5.11. The lowest BCUT2D eigenvalue weighted by molar-refractivity contribution is 0.378. The van der Waals surface area contributed by atoms with Crippen LogP contribution in [-0.4, -0.2) is 20.2 Å². The zero-order valence-corrected chi connectivity index (χ0v) is 11.5. The Balaban J connectivity index is 2.05. The van der Waals surface area contributed by atoms with Crippen LogP contribution in [0.15, 0.2) is 18.2 Å². The Bertz CT molecular complexity index is 384. The van der Waals surface area contributed by atoms with Gasteiger partial charge in [0.2, 0.25) is 0 Å². The van der Waals surface area contributed by atoms with Crippen LogP contribution < -0.4 is 15.4 Å². The van der Waals surface area contributed by atoms with Crippen LogP contribution in [0.3, 0.4) is 0 Å². The topological polar surface area (TPSA) is 38.5 Å². The fraction of sp³-hybridized carbons (Fsp3) is 0.600. The van der Waals surface area contributed by atoms with Gasteiger partial charge in [0.05, 0.1) is 18.5 Å². The maximum Gasteiger partial charge on any atom is 0.143 e. The number of hydrogen-bond acceptors (Lipinski definition) is 3. The van der Waals surface area contributed by atoms with E-state index < -0.39 is 0 Å². The molecule has 2 rings (SSSR count). The van der Waals surface area contributed by atoms with Crippen LogP contribution in [0.4, 0.5) is 11.4 Å². The number of ether oxygens (including phenoxy) is 1. The predicted molar refractivity (Wildman–Crippen MR) is 77.3 cm³/mol. The molecule has 18 heavy (non-hydrogen) atoms. The highest BCUT2D eigenvalue weighted by Crippen LogP contribution is 2.34. The molecule has 0 radical (unpaired) electrons. The molecule has 1 aliphatic rings. The molecule has 0 aliphatic carbocycles. The number of benzene rings is 1. The van der Waals surface area contributed by atoms with Crippen molar-refractivity contribution in [2.45, 2.75) is 32.6 Å². The third-order valence-corrected chi connectivity index (χ3v) is 3.92. The molecule has 0 amide bonds. The van der Waals surface area contributed by atoms with Crippen molar-refractivity contribution in [3.05, 3.63) is 18.2 Å². The predicted octanol–water partition coefficient (Wildman–Crippen LogP) is 3.29. The average molecular weight is 248 g/mol. The summed E-state index contributed by atoms with van der Waals surface area (Å²) in [6.07, 6.45) is 5.22. The van der Waals surface area contributed by atoms with Crippen LogP contribution in [-0.2, 0) is 0 Å². The molecule has 100 valence electrons. The summed E-state index contributed by atoms with van der Waals surface area (Å²) < 4.78 is 5.28. The van der Waals surface area contributed by atoms with Crippen molar-refractivity contribution >= 4 is 11.4 Å². The number of methoxy groups -OCH3 is 1. The summed E-state index contributed by atoms with van der Waals surface area (Å²) >= 11 is 0. The molecule has 1 aromatic rings. The second-order valence-electron chi connectivity index (χ2n) is 5.11. The Morgan fingerprint density at radius 2 is 2.06 bits per heavy atom. The van der Waals surface area contributed by atoms with E-state index >= 15 is 0 Å². The molecule has 1 aromatic carbocycles. The first-order valence-electron chi connectivity index (χ1n) is 6.93. The monoisotopic (exact) mass is 248 g/mol. The van der Waals surface area contributed by atoms with Gasteiger partial charge in [-0.05, 0) is 30.9 Å². The van der Waals surface area contributed by atoms with Gasteiger partial charge in [-0.15, -0.1) is 0 Å². The molecule has 1 aliphatic heterocycles. The molecule has 2 N–H and O–H groups in total. The van der Waals surface area contributed by atoms with Gasteiger partial charge >= 0.3 is 0 Å². The molecule has 0 spiro atoms. The first-order valence-corrected chi connectivity index (χ1v) is 6.93. The quantitative estimate of drug-likeness (QED) is 0.831. The normalized spacial score (nSPS) is 16.9. The molecule has 0 saturated carbocycles. The molecule has 3 heteroatoms. The van der Waals surface area contributed by atoms with Crippen LogP contribution in [0.2, 0.25) is 0 Å². The van der Waals surface area contributed by atoms with Gasteiger partial charge in [-0.2, -0.15) is 0 Å². The molecule has 0 unspecified atom stereocenters. The molecular weight excluding hydrogens is 224 g/mol. The Morgan fingerprint density at radius 3 is 2.67 bits per heavy atom. The van der Waals surface area contributed by atoms with Crippen molar-refractivity contribution in [3.63, 3.8) is 0 Å². The van der Waals surface area contributed by atoms with E-state index in [1.807, 2.05) is 12.1 Å². The summed E-state index contributed by atoms with van der Waals surface area (Å²) in [5, 5.41) is 0. The van der Waals surface area contributed by atoms with Gasteiger partial charge in [-0.25, -0.2) is 0 Å². The smallest absolute Gasteiger partial charge is 0.143 e. The molecule has 1 heterocycles. The minimum Gasteiger partial charge on any atom is -0.495 e. The standard InChI is InChI=1S/C15H24N2O/c1-3-5-12-8-10-17(11-9-12)13-6-4-7-14(18-2)15(13)16/h4,6-7,12H,3,5,8-11,16H2,1-2H3. The van der Waals surface area contributed by atoms with Crippen molar-refractivity contribution in [2.75, 3.05) is 30.8 Å². The largest absolute Gasteiger partial charge is 0.495 e. The minimum atomic E-state index is 0.772.